The zero-order valence-corrected chi connectivity index (χ0v) is 12.8. The molecule has 0 spiro atoms. The summed E-state index contributed by atoms with van der Waals surface area (Å²) < 4.78 is 0. The highest BCUT2D eigenvalue weighted by Gasteiger charge is 2.21. The summed E-state index contributed by atoms with van der Waals surface area (Å²) in [6.45, 7) is 4.98. The molecule has 5 heteroatoms. The fourth-order valence-electron chi connectivity index (χ4n) is 1.96. The molecule has 0 aliphatic rings. The second-order valence-electron chi connectivity index (χ2n) is 5.93. The Kier molecular flexibility index (Phi) is 4.14. The molecule has 0 saturated carbocycles. The molecule has 0 bridgehead atoms. The van der Waals surface area contributed by atoms with Crippen molar-refractivity contribution in [2.75, 3.05) is 26.0 Å². The molecule has 0 saturated heterocycles. The Morgan fingerprint density at radius 1 is 1.29 bits per heavy atom. The maximum absolute atomic E-state index is 11.3. The number of carbonyl (C=O) groups is 1. The molecule has 0 amide bonds. The van der Waals surface area contributed by atoms with E-state index in [0.717, 1.165) is 5.39 Å². The van der Waals surface area contributed by atoms with Gasteiger partial charge in [0.15, 0.2) is 0 Å². The topological polar surface area (TPSA) is 65.5 Å². The number of aromatic carboxylic acids is 1. The third-order valence-corrected chi connectivity index (χ3v) is 3.92. The molecule has 0 aliphatic heterocycles. The highest BCUT2D eigenvalue weighted by atomic mass is 16.4. The number of carboxylic acid groups (broad SMARTS) is 1. The number of likely N-dealkylation sites (N-methyl/N-ethyl adjacent to an activating group) is 1. The molecule has 1 aromatic heterocycles. The summed E-state index contributed by atoms with van der Waals surface area (Å²) in [6, 6.07) is 7.42. The van der Waals surface area contributed by atoms with Gasteiger partial charge in [-0.3, -0.25) is 0 Å². The maximum atomic E-state index is 11.3. The van der Waals surface area contributed by atoms with Gasteiger partial charge in [-0.05, 0) is 27.9 Å². The Bertz CT molecular complexity index is 666. The Labute approximate surface area is 124 Å². The van der Waals surface area contributed by atoms with Crippen LogP contribution in [0.3, 0.4) is 0 Å². The summed E-state index contributed by atoms with van der Waals surface area (Å²) in [4.78, 5) is 17.7. The highest BCUT2D eigenvalue weighted by molar-refractivity contribution is 6.06. The third kappa shape index (κ3) is 3.13. The molecule has 112 valence electrons. The van der Waals surface area contributed by atoms with Gasteiger partial charge < -0.3 is 15.3 Å². The average molecular weight is 287 g/mol. The molecule has 1 heterocycles. The number of benzene rings is 1. The van der Waals surface area contributed by atoms with E-state index in [1.807, 2.05) is 38.4 Å². The van der Waals surface area contributed by atoms with E-state index in [2.05, 4.69) is 29.0 Å². The number of hydrogen-bond acceptors (Lipinski definition) is 4. The number of rotatable bonds is 5. The summed E-state index contributed by atoms with van der Waals surface area (Å²) in [6.07, 6.45) is 1.41. The lowest BCUT2D eigenvalue weighted by Crippen LogP contribution is -2.44. The van der Waals surface area contributed by atoms with Crippen LogP contribution in [0.15, 0.2) is 30.5 Å². The van der Waals surface area contributed by atoms with Crippen LogP contribution >= 0.6 is 0 Å². The van der Waals surface area contributed by atoms with Gasteiger partial charge in [-0.15, -0.1) is 0 Å². The zero-order chi connectivity index (χ0) is 15.6. The number of nitrogens with zero attached hydrogens (tertiary/aromatic N) is 2. The van der Waals surface area contributed by atoms with Crippen LogP contribution in [-0.4, -0.2) is 47.1 Å². The number of aromatic nitrogens is 1. The van der Waals surface area contributed by atoms with E-state index < -0.39 is 5.97 Å². The molecule has 5 nitrogen and oxygen atoms in total. The number of fused-ring (bicyclic) bond motifs is 1. The summed E-state index contributed by atoms with van der Waals surface area (Å²) in [7, 11) is 4.06. The largest absolute Gasteiger partial charge is 0.478 e. The van der Waals surface area contributed by atoms with Crippen LogP contribution in [0.25, 0.3) is 10.8 Å². The maximum Gasteiger partial charge on any atom is 0.337 e. The first-order chi connectivity index (χ1) is 9.83. The lowest BCUT2D eigenvalue weighted by molar-refractivity contribution is 0.0698. The normalized spacial score (nSPS) is 11.9. The Hall–Kier alpha value is -2.14. The minimum atomic E-state index is -0.959. The molecular formula is C16H21N3O2. The molecule has 1 aromatic carbocycles. The van der Waals surface area contributed by atoms with Gasteiger partial charge in [0.1, 0.15) is 5.82 Å². The minimum absolute atomic E-state index is 0.0335. The molecule has 21 heavy (non-hydrogen) atoms. The second-order valence-corrected chi connectivity index (χ2v) is 5.93. The first-order valence-electron chi connectivity index (χ1n) is 6.85. The predicted molar refractivity (Wildman–Crippen MR) is 85.0 cm³/mol. The minimum Gasteiger partial charge on any atom is -0.478 e. The number of anilines is 1. The Morgan fingerprint density at radius 2 is 1.90 bits per heavy atom. The van der Waals surface area contributed by atoms with Crippen LogP contribution in [-0.2, 0) is 0 Å². The second kappa shape index (κ2) is 5.69. The van der Waals surface area contributed by atoms with Gasteiger partial charge in [-0.2, -0.15) is 0 Å². The fourth-order valence-corrected chi connectivity index (χ4v) is 1.96. The summed E-state index contributed by atoms with van der Waals surface area (Å²) in [5.74, 6) is -0.246. The van der Waals surface area contributed by atoms with Gasteiger partial charge >= 0.3 is 5.97 Å². The molecule has 0 unspecified atom stereocenters. The fraction of sp³-hybridized carbons (Fsp3) is 0.375. The monoisotopic (exact) mass is 287 g/mol. The van der Waals surface area contributed by atoms with Crippen LogP contribution in [0.2, 0.25) is 0 Å². The third-order valence-electron chi connectivity index (χ3n) is 3.92. The number of hydrogen-bond donors (Lipinski definition) is 2. The van der Waals surface area contributed by atoms with Crippen molar-refractivity contribution in [1.82, 2.24) is 9.88 Å². The molecule has 2 aromatic rings. The van der Waals surface area contributed by atoms with Crippen molar-refractivity contribution in [2.24, 2.45) is 0 Å². The van der Waals surface area contributed by atoms with Gasteiger partial charge in [0.05, 0.1) is 5.56 Å². The Balaban J connectivity index is 2.38. The standard InChI is InChI=1S/C16H21N3O2/c1-16(2,19(3)4)10-18-14-12-8-6-5-7-11(12)13(9-17-14)15(20)21/h5-9H,10H2,1-4H3,(H,17,18)(H,20,21). The van der Waals surface area contributed by atoms with Gasteiger partial charge in [0, 0.05) is 29.1 Å². The lowest BCUT2D eigenvalue weighted by Gasteiger charge is -2.33. The van der Waals surface area contributed by atoms with E-state index in [1.54, 1.807) is 0 Å². The van der Waals surface area contributed by atoms with Crippen molar-refractivity contribution >= 4 is 22.6 Å². The van der Waals surface area contributed by atoms with Gasteiger partial charge in [-0.25, -0.2) is 9.78 Å². The van der Waals surface area contributed by atoms with Crippen molar-refractivity contribution < 1.29 is 9.90 Å². The van der Waals surface area contributed by atoms with Crippen molar-refractivity contribution in [3.8, 4) is 0 Å². The van der Waals surface area contributed by atoms with Crippen LogP contribution in [0.1, 0.15) is 24.2 Å². The average Bonchev–Trinajstić information content (AvgIpc) is 2.44. The molecular weight excluding hydrogens is 266 g/mol. The van der Waals surface area contributed by atoms with Gasteiger partial charge in [0.2, 0.25) is 0 Å². The lowest BCUT2D eigenvalue weighted by atomic mass is 10.0. The van der Waals surface area contributed by atoms with E-state index in [-0.39, 0.29) is 11.1 Å². The van der Waals surface area contributed by atoms with Gasteiger partial charge in [-0.1, -0.05) is 24.3 Å². The SMILES string of the molecule is CN(C)C(C)(C)CNc1ncc(C(=O)O)c2ccccc12. The van der Waals surface area contributed by atoms with Crippen LogP contribution in [0, 0.1) is 0 Å². The smallest absolute Gasteiger partial charge is 0.337 e. The highest BCUT2D eigenvalue weighted by Crippen LogP contribution is 2.25. The zero-order valence-electron chi connectivity index (χ0n) is 12.8. The number of carboxylic acids is 1. The number of nitrogens with one attached hydrogen (secondary N) is 1. The van der Waals surface area contributed by atoms with Gasteiger partial charge in [0.25, 0.3) is 0 Å². The predicted octanol–water partition coefficient (Wildman–Crippen LogP) is 2.69. The first-order valence-corrected chi connectivity index (χ1v) is 6.85. The summed E-state index contributed by atoms with van der Waals surface area (Å²) in [5.41, 5.74) is 0.192. The van der Waals surface area contributed by atoms with E-state index in [0.29, 0.717) is 17.7 Å². The van der Waals surface area contributed by atoms with Crippen LogP contribution in [0.4, 0.5) is 5.82 Å². The molecule has 0 aliphatic carbocycles. The van der Waals surface area contributed by atoms with Crippen LogP contribution in [0.5, 0.6) is 0 Å². The summed E-state index contributed by atoms with van der Waals surface area (Å²) >= 11 is 0. The summed E-state index contributed by atoms with van der Waals surface area (Å²) in [5, 5.41) is 14.1. The van der Waals surface area contributed by atoms with Crippen molar-refractivity contribution in [1.29, 1.82) is 0 Å². The van der Waals surface area contributed by atoms with Crippen molar-refractivity contribution in [3.05, 3.63) is 36.0 Å². The molecule has 0 radical (unpaired) electrons. The Morgan fingerprint density at radius 3 is 2.48 bits per heavy atom. The molecule has 0 fully saturated rings. The molecule has 0 atom stereocenters. The van der Waals surface area contributed by atoms with Crippen molar-refractivity contribution in [2.45, 2.75) is 19.4 Å². The van der Waals surface area contributed by atoms with E-state index in [9.17, 15) is 9.90 Å². The first kappa shape index (κ1) is 15.3. The van der Waals surface area contributed by atoms with E-state index in [4.69, 9.17) is 0 Å². The molecule has 2 N–H and O–H groups in total. The quantitative estimate of drug-likeness (QED) is 0.885. The van der Waals surface area contributed by atoms with Crippen molar-refractivity contribution in [3.63, 3.8) is 0 Å². The number of pyridine rings is 1. The van der Waals surface area contributed by atoms with Crippen LogP contribution < -0.4 is 5.32 Å². The van der Waals surface area contributed by atoms with E-state index in [1.165, 1.54) is 6.20 Å². The van der Waals surface area contributed by atoms with E-state index >= 15 is 0 Å². The molecule has 2 rings (SSSR count).